The van der Waals surface area contributed by atoms with Crippen molar-refractivity contribution in [3.05, 3.63) is 29.8 Å². The van der Waals surface area contributed by atoms with Crippen molar-refractivity contribution in [3.63, 3.8) is 0 Å². The van der Waals surface area contributed by atoms with Crippen LogP contribution in [-0.2, 0) is 25.6 Å². The molecule has 28 heavy (non-hydrogen) atoms. The van der Waals surface area contributed by atoms with Crippen LogP contribution in [0.4, 0.5) is 5.69 Å². The molecule has 2 N–H and O–H groups in total. The third-order valence-corrected chi connectivity index (χ3v) is 5.56. The predicted octanol–water partition coefficient (Wildman–Crippen LogP) is 1.92. The molecule has 2 atom stereocenters. The summed E-state index contributed by atoms with van der Waals surface area (Å²) < 4.78 is 11.2. The summed E-state index contributed by atoms with van der Waals surface area (Å²) in [7, 11) is 1.53. The Hall–Kier alpha value is -1.96. The van der Waals surface area contributed by atoms with E-state index in [0.717, 1.165) is 51.0 Å². The summed E-state index contributed by atoms with van der Waals surface area (Å²) in [6, 6.07) is 7.98. The summed E-state index contributed by atoms with van der Waals surface area (Å²) in [6.45, 7) is 4.75. The molecule has 154 valence electrons. The largest absolute Gasteiger partial charge is 0.375 e. The molecule has 2 unspecified atom stereocenters. The van der Waals surface area contributed by atoms with Crippen molar-refractivity contribution in [2.24, 2.45) is 0 Å². The van der Waals surface area contributed by atoms with Gasteiger partial charge in [0.05, 0.1) is 12.6 Å². The van der Waals surface area contributed by atoms with Crippen LogP contribution in [0.25, 0.3) is 0 Å². The minimum Gasteiger partial charge on any atom is -0.375 e. The zero-order chi connectivity index (χ0) is 20.0. The molecule has 1 saturated carbocycles. The van der Waals surface area contributed by atoms with Crippen LogP contribution in [0.3, 0.4) is 0 Å². The zero-order valence-electron chi connectivity index (χ0n) is 16.8. The standard InChI is InChI=1S/C21H31N3O4/c1-16(25)22-18-8-6-17(7-9-18)13-24-11-12-28-21(15-24)10-4-3-5-19(21)23-20(26)14-27-2/h6-9,19H,3-5,10-15H2,1-2H3,(H,22,25)(H,23,26). The number of anilines is 1. The van der Waals surface area contributed by atoms with Gasteiger partial charge in [-0.15, -0.1) is 0 Å². The molecule has 1 aromatic carbocycles. The number of nitrogens with one attached hydrogen (secondary N) is 2. The molecule has 3 rings (SSSR count). The van der Waals surface area contributed by atoms with Crippen LogP contribution in [0.5, 0.6) is 0 Å². The van der Waals surface area contributed by atoms with Crippen LogP contribution in [0, 0.1) is 0 Å². The molecule has 2 amide bonds. The summed E-state index contributed by atoms with van der Waals surface area (Å²) in [6.07, 6.45) is 4.13. The van der Waals surface area contributed by atoms with E-state index in [4.69, 9.17) is 9.47 Å². The monoisotopic (exact) mass is 389 g/mol. The maximum atomic E-state index is 12.1. The molecule has 1 spiro atoms. The Morgan fingerprint density at radius 1 is 1.29 bits per heavy atom. The molecule has 1 aliphatic heterocycles. The van der Waals surface area contributed by atoms with Gasteiger partial charge in [0.1, 0.15) is 12.2 Å². The second kappa shape index (κ2) is 9.49. The number of hydrogen-bond acceptors (Lipinski definition) is 5. The van der Waals surface area contributed by atoms with Gasteiger partial charge in [0.25, 0.3) is 0 Å². The van der Waals surface area contributed by atoms with Gasteiger partial charge in [0, 0.05) is 39.4 Å². The van der Waals surface area contributed by atoms with Crippen molar-refractivity contribution in [1.82, 2.24) is 10.2 Å². The predicted molar refractivity (Wildman–Crippen MR) is 107 cm³/mol. The summed E-state index contributed by atoms with van der Waals surface area (Å²) >= 11 is 0. The lowest BCUT2D eigenvalue weighted by Gasteiger charge is -2.49. The first-order valence-electron chi connectivity index (χ1n) is 10.0. The van der Waals surface area contributed by atoms with Gasteiger partial charge in [-0.05, 0) is 30.5 Å². The van der Waals surface area contributed by atoms with E-state index >= 15 is 0 Å². The summed E-state index contributed by atoms with van der Waals surface area (Å²) in [5.74, 6) is -0.148. The van der Waals surface area contributed by atoms with Crippen molar-refractivity contribution in [3.8, 4) is 0 Å². The molecule has 7 nitrogen and oxygen atoms in total. The number of morpholine rings is 1. The fraction of sp³-hybridized carbons (Fsp3) is 0.619. The van der Waals surface area contributed by atoms with Gasteiger partial charge in [0.15, 0.2) is 0 Å². The first-order chi connectivity index (χ1) is 13.5. The van der Waals surface area contributed by atoms with E-state index in [1.165, 1.54) is 19.6 Å². The highest BCUT2D eigenvalue weighted by atomic mass is 16.5. The number of methoxy groups -OCH3 is 1. The van der Waals surface area contributed by atoms with Crippen molar-refractivity contribution < 1.29 is 19.1 Å². The van der Waals surface area contributed by atoms with Gasteiger partial charge in [-0.1, -0.05) is 25.0 Å². The van der Waals surface area contributed by atoms with E-state index in [2.05, 4.69) is 15.5 Å². The topological polar surface area (TPSA) is 79.9 Å². The van der Waals surface area contributed by atoms with Gasteiger partial charge in [-0.2, -0.15) is 0 Å². The molecule has 1 aromatic rings. The lowest BCUT2D eigenvalue weighted by atomic mass is 9.78. The number of rotatable bonds is 6. The normalized spacial score (nSPS) is 25.4. The lowest BCUT2D eigenvalue weighted by molar-refractivity contribution is -0.152. The summed E-state index contributed by atoms with van der Waals surface area (Å²) in [5.41, 5.74) is 1.68. The van der Waals surface area contributed by atoms with E-state index in [0.29, 0.717) is 6.61 Å². The van der Waals surface area contributed by atoms with Crippen LogP contribution in [0.1, 0.15) is 38.2 Å². The van der Waals surface area contributed by atoms with Crippen molar-refractivity contribution in [1.29, 1.82) is 0 Å². The molecule has 1 saturated heterocycles. The van der Waals surface area contributed by atoms with Crippen LogP contribution < -0.4 is 10.6 Å². The minimum absolute atomic E-state index is 0.0221. The minimum atomic E-state index is -0.323. The average molecular weight is 389 g/mol. The fourth-order valence-electron chi connectivity index (χ4n) is 4.31. The molecule has 1 heterocycles. The third kappa shape index (κ3) is 5.31. The fourth-order valence-corrected chi connectivity index (χ4v) is 4.31. The van der Waals surface area contributed by atoms with Gasteiger partial charge >= 0.3 is 0 Å². The number of carbonyl (C=O) groups is 2. The Kier molecular flexibility index (Phi) is 7.04. The Labute approximate surface area is 166 Å². The Morgan fingerprint density at radius 2 is 2.07 bits per heavy atom. The molecule has 2 fully saturated rings. The quantitative estimate of drug-likeness (QED) is 0.777. The molecular weight excluding hydrogens is 358 g/mol. The maximum absolute atomic E-state index is 12.1. The summed E-state index contributed by atoms with van der Waals surface area (Å²) in [5, 5.41) is 5.93. The third-order valence-electron chi connectivity index (χ3n) is 5.56. The van der Waals surface area contributed by atoms with Crippen LogP contribution in [0.15, 0.2) is 24.3 Å². The van der Waals surface area contributed by atoms with Crippen molar-refractivity contribution in [2.75, 3.05) is 38.7 Å². The van der Waals surface area contributed by atoms with Crippen LogP contribution in [0.2, 0.25) is 0 Å². The average Bonchev–Trinajstić information content (AvgIpc) is 2.65. The molecule has 1 aliphatic carbocycles. The number of amides is 2. The second-order valence-corrected chi connectivity index (χ2v) is 7.80. The van der Waals surface area contributed by atoms with E-state index < -0.39 is 0 Å². The Morgan fingerprint density at radius 3 is 2.79 bits per heavy atom. The van der Waals surface area contributed by atoms with Gasteiger partial charge < -0.3 is 20.1 Å². The highest BCUT2D eigenvalue weighted by Crippen LogP contribution is 2.35. The van der Waals surface area contributed by atoms with Crippen molar-refractivity contribution in [2.45, 2.75) is 50.8 Å². The molecule has 0 aromatic heterocycles. The van der Waals surface area contributed by atoms with Gasteiger partial charge in [-0.25, -0.2) is 0 Å². The van der Waals surface area contributed by atoms with E-state index in [9.17, 15) is 9.59 Å². The van der Waals surface area contributed by atoms with Crippen molar-refractivity contribution >= 4 is 17.5 Å². The molecule has 2 aliphatic rings. The lowest BCUT2D eigenvalue weighted by Crippen LogP contribution is -2.64. The first kappa shape index (κ1) is 20.8. The first-order valence-corrected chi connectivity index (χ1v) is 10.0. The van der Waals surface area contributed by atoms with E-state index in [1.54, 1.807) is 0 Å². The van der Waals surface area contributed by atoms with E-state index in [1.807, 2.05) is 24.3 Å². The zero-order valence-corrected chi connectivity index (χ0v) is 16.8. The molecular formula is C21H31N3O4. The highest BCUT2D eigenvalue weighted by molar-refractivity contribution is 5.88. The van der Waals surface area contributed by atoms with Crippen LogP contribution >= 0.6 is 0 Å². The number of hydrogen-bond donors (Lipinski definition) is 2. The van der Waals surface area contributed by atoms with Gasteiger partial charge in [-0.3, -0.25) is 14.5 Å². The maximum Gasteiger partial charge on any atom is 0.246 e. The van der Waals surface area contributed by atoms with Crippen LogP contribution in [-0.4, -0.2) is 61.8 Å². The second-order valence-electron chi connectivity index (χ2n) is 7.80. The SMILES string of the molecule is COCC(=O)NC1CCCCC12CN(Cc1ccc(NC(C)=O)cc1)CCO2. The Bertz CT molecular complexity index is 675. The number of nitrogens with zero attached hydrogens (tertiary/aromatic N) is 1. The highest BCUT2D eigenvalue weighted by Gasteiger charge is 2.45. The summed E-state index contributed by atoms with van der Waals surface area (Å²) in [4.78, 5) is 25.6. The number of benzene rings is 1. The molecule has 0 bridgehead atoms. The smallest absolute Gasteiger partial charge is 0.246 e. The van der Waals surface area contributed by atoms with E-state index in [-0.39, 0.29) is 30.1 Å². The number of carbonyl (C=O) groups excluding carboxylic acids is 2. The van der Waals surface area contributed by atoms with Gasteiger partial charge in [0.2, 0.25) is 11.8 Å². The number of ether oxygens (including phenoxy) is 2. The Balaban J connectivity index is 1.64. The molecule has 0 radical (unpaired) electrons. The molecule has 7 heteroatoms.